The Hall–Kier alpha value is -0.240. The average Bonchev–Trinajstić information content (AvgIpc) is 3.00. The van der Waals surface area contributed by atoms with Gasteiger partial charge in [0.05, 0.1) is 19.3 Å². The SMILES string of the molecule is C[C@@H]1C[C@@](C)(OCCCCCN(C)C)OC([C@H]2COCO2)[C@@H]1O. The van der Waals surface area contributed by atoms with E-state index in [-0.39, 0.29) is 24.9 Å². The molecule has 6 nitrogen and oxygen atoms in total. The highest BCUT2D eigenvalue weighted by Crippen LogP contribution is 2.36. The first kappa shape index (κ1) is 19.1. The minimum atomic E-state index is -0.656. The van der Waals surface area contributed by atoms with Crippen molar-refractivity contribution in [2.75, 3.05) is 40.6 Å². The molecule has 0 saturated carbocycles. The van der Waals surface area contributed by atoms with E-state index < -0.39 is 11.9 Å². The fourth-order valence-corrected chi connectivity index (χ4v) is 3.36. The number of unbranched alkanes of at least 4 members (excludes halogenated alkanes) is 2. The topological polar surface area (TPSA) is 60.4 Å². The van der Waals surface area contributed by atoms with Crippen molar-refractivity contribution < 1.29 is 24.1 Å². The number of nitrogens with zero attached hydrogens (tertiary/aromatic N) is 1. The van der Waals surface area contributed by atoms with Gasteiger partial charge in [0.25, 0.3) is 0 Å². The second-order valence-corrected chi connectivity index (χ2v) is 7.29. The van der Waals surface area contributed by atoms with Gasteiger partial charge < -0.3 is 29.0 Å². The monoisotopic (exact) mass is 331 g/mol. The lowest BCUT2D eigenvalue weighted by Gasteiger charge is -2.45. The molecule has 0 aliphatic carbocycles. The first-order chi connectivity index (χ1) is 10.9. The normalized spacial score (nSPS) is 38.3. The van der Waals surface area contributed by atoms with Crippen molar-refractivity contribution in [3.8, 4) is 0 Å². The Labute approximate surface area is 140 Å². The summed E-state index contributed by atoms with van der Waals surface area (Å²) in [6.45, 7) is 6.54. The van der Waals surface area contributed by atoms with Crippen molar-refractivity contribution in [2.24, 2.45) is 5.92 Å². The standard InChI is InChI=1S/C17H33NO5/c1-13-10-17(2,22-9-7-5-6-8-18(3)4)23-16(15(13)19)14-11-20-12-21-14/h13-16,19H,5-12H2,1-4H3/t13-,14-,15-,16?,17+/m1/s1. The first-order valence-corrected chi connectivity index (χ1v) is 8.75. The van der Waals surface area contributed by atoms with Gasteiger partial charge in [-0.25, -0.2) is 0 Å². The Kier molecular flexibility index (Phi) is 7.25. The Morgan fingerprint density at radius 2 is 2.04 bits per heavy atom. The van der Waals surface area contributed by atoms with Crippen LogP contribution >= 0.6 is 0 Å². The second kappa shape index (κ2) is 8.74. The zero-order chi connectivity index (χ0) is 16.9. The van der Waals surface area contributed by atoms with E-state index in [1.807, 2.05) is 13.8 Å². The summed E-state index contributed by atoms with van der Waals surface area (Å²) in [5.41, 5.74) is 0. The third-order valence-corrected chi connectivity index (χ3v) is 4.67. The summed E-state index contributed by atoms with van der Waals surface area (Å²) in [6, 6.07) is 0. The Balaban J connectivity index is 1.77. The smallest absolute Gasteiger partial charge is 0.166 e. The van der Waals surface area contributed by atoms with Crippen LogP contribution in [-0.4, -0.2) is 74.8 Å². The van der Waals surface area contributed by atoms with E-state index in [2.05, 4.69) is 19.0 Å². The minimum absolute atomic E-state index is 0.108. The Morgan fingerprint density at radius 3 is 2.70 bits per heavy atom. The van der Waals surface area contributed by atoms with Gasteiger partial charge in [-0.3, -0.25) is 0 Å². The van der Waals surface area contributed by atoms with E-state index in [0.29, 0.717) is 19.6 Å². The number of ether oxygens (including phenoxy) is 4. The van der Waals surface area contributed by atoms with E-state index in [1.165, 1.54) is 6.42 Å². The van der Waals surface area contributed by atoms with Crippen LogP contribution in [0.5, 0.6) is 0 Å². The molecule has 0 radical (unpaired) electrons. The summed E-state index contributed by atoms with van der Waals surface area (Å²) in [7, 11) is 4.18. The highest BCUT2D eigenvalue weighted by atomic mass is 16.7. The number of hydrogen-bond donors (Lipinski definition) is 1. The molecule has 0 spiro atoms. The molecule has 0 bridgehead atoms. The molecule has 0 aromatic rings. The minimum Gasteiger partial charge on any atom is -0.390 e. The van der Waals surface area contributed by atoms with Gasteiger partial charge in [-0.2, -0.15) is 0 Å². The molecule has 0 aromatic carbocycles. The molecule has 6 heteroatoms. The molecular weight excluding hydrogens is 298 g/mol. The van der Waals surface area contributed by atoms with E-state index >= 15 is 0 Å². The lowest BCUT2D eigenvalue weighted by Crippen LogP contribution is -2.56. The molecular formula is C17H33NO5. The summed E-state index contributed by atoms with van der Waals surface area (Å²) in [4.78, 5) is 2.20. The van der Waals surface area contributed by atoms with E-state index in [1.54, 1.807) is 0 Å². The van der Waals surface area contributed by atoms with Gasteiger partial charge in [0.1, 0.15) is 19.0 Å². The molecule has 5 atom stereocenters. The average molecular weight is 331 g/mol. The van der Waals surface area contributed by atoms with Gasteiger partial charge in [-0.1, -0.05) is 6.92 Å². The number of aliphatic hydroxyl groups excluding tert-OH is 1. The molecule has 136 valence electrons. The van der Waals surface area contributed by atoms with Crippen LogP contribution in [0.3, 0.4) is 0 Å². The van der Waals surface area contributed by atoms with Gasteiger partial charge in [-0.05, 0) is 52.7 Å². The van der Waals surface area contributed by atoms with Crippen LogP contribution in [0.4, 0.5) is 0 Å². The van der Waals surface area contributed by atoms with Gasteiger partial charge in [0.15, 0.2) is 5.79 Å². The molecule has 2 heterocycles. The summed E-state index contributed by atoms with van der Waals surface area (Å²) in [6.07, 6.45) is 2.90. The summed E-state index contributed by atoms with van der Waals surface area (Å²) < 4.78 is 22.9. The maximum atomic E-state index is 10.4. The fourth-order valence-electron chi connectivity index (χ4n) is 3.36. The van der Waals surface area contributed by atoms with Crippen molar-refractivity contribution in [1.82, 2.24) is 4.90 Å². The molecule has 2 rings (SSSR count). The van der Waals surface area contributed by atoms with Crippen LogP contribution in [0.1, 0.15) is 39.5 Å². The van der Waals surface area contributed by atoms with Gasteiger partial charge in [0, 0.05) is 6.42 Å². The molecule has 1 unspecified atom stereocenters. The predicted molar refractivity (Wildman–Crippen MR) is 87.1 cm³/mol. The van der Waals surface area contributed by atoms with Gasteiger partial charge in [0.2, 0.25) is 0 Å². The highest BCUT2D eigenvalue weighted by molar-refractivity contribution is 4.91. The Morgan fingerprint density at radius 1 is 1.26 bits per heavy atom. The number of rotatable bonds is 8. The van der Waals surface area contributed by atoms with Crippen molar-refractivity contribution >= 4 is 0 Å². The zero-order valence-electron chi connectivity index (χ0n) is 15.0. The van der Waals surface area contributed by atoms with Crippen LogP contribution in [-0.2, 0) is 18.9 Å². The first-order valence-electron chi connectivity index (χ1n) is 8.75. The third kappa shape index (κ3) is 5.66. The maximum absolute atomic E-state index is 10.4. The van der Waals surface area contributed by atoms with E-state index in [4.69, 9.17) is 18.9 Å². The molecule has 1 N–H and O–H groups in total. The van der Waals surface area contributed by atoms with Crippen LogP contribution < -0.4 is 0 Å². The maximum Gasteiger partial charge on any atom is 0.166 e. The summed E-state index contributed by atoms with van der Waals surface area (Å²) in [5, 5.41) is 10.4. The third-order valence-electron chi connectivity index (χ3n) is 4.67. The van der Waals surface area contributed by atoms with E-state index in [9.17, 15) is 5.11 Å². The molecule has 23 heavy (non-hydrogen) atoms. The molecule has 2 aliphatic rings. The molecule has 0 aromatic heterocycles. The quantitative estimate of drug-likeness (QED) is 0.682. The lowest BCUT2D eigenvalue weighted by atomic mass is 9.87. The highest BCUT2D eigenvalue weighted by Gasteiger charge is 2.47. The largest absolute Gasteiger partial charge is 0.390 e. The second-order valence-electron chi connectivity index (χ2n) is 7.29. The molecule has 0 amide bonds. The predicted octanol–water partition coefficient (Wildman–Crippen LogP) is 1.61. The molecule has 2 aliphatic heterocycles. The van der Waals surface area contributed by atoms with Crippen LogP contribution in [0, 0.1) is 5.92 Å². The van der Waals surface area contributed by atoms with Crippen molar-refractivity contribution in [3.05, 3.63) is 0 Å². The van der Waals surface area contributed by atoms with Gasteiger partial charge >= 0.3 is 0 Å². The summed E-state index contributed by atoms with van der Waals surface area (Å²) >= 11 is 0. The summed E-state index contributed by atoms with van der Waals surface area (Å²) in [5.74, 6) is -0.548. The zero-order valence-corrected chi connectivity index (χ0v) is 15.0. The van der Waals surface area contributed by atoms with Crippen LogP contribution in [0.2, 0.25) is 0 Å². The number of hydrogen-bond acceptors (Lipinski definition) is 6. The van der Waals surface area contributed by atoms with Crippen LogP contribution in [0.15, 0.2) is 0 Å². The molecule has 2 saturated heterocycles. The van der Waals surface area contributed by atoms with Crippen molar-refractivity contribution in [1.29, 1.82) is 0 Å². The van der Waals surface area contributed by atoms with Crippen LogP contribution in [0.25, 0.3) is 0 Å². The van der Waals surface area contributed by atoms with E-state index in [0.717, 1.165) is 19.4 Å². The molecule has 2 fully saturated rings. The number of aliphatic hydroxyl groups is 1. The van der Waals surface area contributed by atoms with Gasteiger partial charge in [-0.15, -0.1) is 0 Å². The Bertz CT molecular complexity index is 346. The van der Waals surface area contributed by atoms with Crippen molar-refractivity contribution in [2.45, 2.75) is 63.6 Å². The lowest BCUT2D eigenvalue weighted by molar-refractivity contribution is -0.314. The van der Waals surface area contributed by atoms with Crippen molar-refractivity contribution in [3.63, 3.8) is 0 Å². The fraction of sp³-hybridized carbons (Fsp3) is 1.00.